The SMILES string of the molecule is CC(C)(O)C(C)(C)O.Cc1ccccc1C. The molecule has 0 aliphatic rings. The summed E-state index contributed by atoms with van der Waals surface area (Å²) in [6.07, 6.45) is 0. The van der Waals surface area contributed by atoms with Crippen molar-refractivity contribution in [2.24, 2.45) is 0 Å². The van der Waals surface area contributed by atoms with E-state index in [1.165, 1.54) is 11.1 Å². The van der Waals surface area contributed by atoms with Crippen molar-refractivity contribution in [1.29, 1.82) is 0 Å². The first-order valence-electron chi connectivity index (χ1n) is 5.52. The van der Waals surface area contributed by atoms with Gasteiger partial charge in [0.25, 0.3) is 0 Å². The molecule has 0 fully saturated rings. The van der Waals surface area contributed by atoms with Crippen LogP contribution in [0.4, 0.5) is 0 Å². The van der Waals surface area contributed by atoms with E-state index in [1.807, 2.05) is 0 Å². The molecule has 16 heavy (non-hydrogen) atoms. The van der Waals surface area contributed by atoms with Crippen molar-refractivity contribution in [3.63, 3.8) is 0 Å². The lowest BCUT2D eigenvalue weighted by molar-refractivity contribution is -0.107. The summed E-state index contributed by atoms with van der Waals surface area (Å²) in [6, 6.07) is 8.36. The molecule has 92 valence electrons. The quantitative estimate of drug-likeness (QED) is 0.770. The van der Waals surface area contributed by atoms with Crippen LogP contribution in [0.15, 0.2) is 24.3 Å². The zero-order chi connectivity index (χ0) is 13.0. The van der Waals surface area contributed by atoms with Crippen molar-refractivity contribution in [2.75, 3.05) is 0 Å². The number of benzene rings is 1. The molecule has 1 aromatic rings. The average molecular weight is 224 g/mol. The third-order valence-electron chi connectivity index (χ3n) is 2.92. The highest BCUT2D eigenvalue weighted by Crippen LogP contribution is 2.19. The average Bonchev–Trinajstić information content (AvgIpc) is 2.08. The van der Waals surface area contributed by atoms with Gasteiger partial charge in [0.2, 0.25) is 0 Å². The van der Waals surface area contributed by atoms with Gasteiger partial charge in [0, 0.05) is 0 Å². The Kier molecular flexibility index (Phi) is 5.17. The van der Waals surface area contributed by atoms with Crippen LogP contribution in [0.3, 0.4) is 0 Å². The van der Waals surface area contributed by atoms with Crippen LogP contribution in [-0.2, 0) is 0 Å². The molecule has 0 bridgehead atoms. The Labute approximate surface area is 98.9 Å². The van der Waals surface area contributed by atoms with Gasteiger partial charge in [-0.1, -0.05) is 24.3 Å². The fraction of sp³-hybridized carbons (Fsp3) is 0.571. The molecule has 0 spiro atoms. The van der Waals surface area contributed by atoms with E-state index >= 15 is 0 Å². The number of hydrogen-bond acceptors (Lipinski definition) is 2. The monoisotopic (exact) mass is 224 g/mol. The molecule has 1 rings (SSSR count). The minimum Gasteiger partial charge on any atom is -0.387 e. The van der Waals surface area contributed by atoms with E-state index in [1.54, 1.807) is 27.7 Å². The molecule has 1 aromatic carbocycles. The van der Waals surface area contributed by atoms with Crippen LogP contribution in [0.5, 0.6) is 0 Å². The van der Waals surface area contributed by atoms with E-state index in [0.717, 1.165) is 0 Å². The predicted octanol–water partition coefficient (Wildman–Crippen LogP) is 2.83. The van der Waals surface area contributed by atoms with Crippen molar-refractivity contribution >= 4 is 0 Å². The van der Waals surface area contributed by atoms with E-state index in [-0.39, 0.29) is 0 Å². The number of aryl methyl sites for hydroxylation is 2. The molecule has 0 atom stereocenters. The molecule has 0 unspecified atom stereocenters. The van der Waals surface area contributed by atoms with Crippen LogP contribution >= 0.6 is 0 Å². The molecular formula is C14H24O2. The summed E-state index contributed by atoms with van der Waals surface area (Å²) in [6.45, 7) is 10.5. The minimum absolute atomic E-state index is 1.01. The molecule has 2 nitrogen and oxygen atoms in total. The van der Waals surface area contributed by atoms with Crippen molar-refractivity contribution < 1.29 is 10.2 Å². The van der Waals surface area contributed by atoms with Crippen LogP contribution in [0.2, 0.25) is 0 Å². The van der Waals surface area contributed by atoms with Crippen molar-refractivity contribution in [3.8, 4) is 0 Å². The Hall–Kier alpha value is -0.860. The summed E-state index contributed by atoms with van der Waals surface area (Å²) in [4.78, 5) is 0. The Morgan fingerprint density at radius 1 is 0.750 bits per heavy atom. The summed E-state index contributed by atoms with van der Waals surface area (Å²) in [7, 11) is 0. The van der Waals surface area contributed by atoms with E-state index < -0.39 is 11.2 Å². The van der Waals surface area contributed by atoms with Gasteiger partial charge in [0.15, 0.2) is 0 Å². The standard InChI is InChI=1S/C8H10.C6H14O2/c1-7-5-3-4-6-8(7)2;1-5(2,7)6(3,4)8/h3-6H,1-2H3;7-8H,1-4H3. The summed E-state index contributed by atoms with van der Waals surface area (Å²) >= 11 is 0. The number of aliphatic hydroxyl groups is 2. The largest absolute Gasteiger partial charge is 0.387 e. The highest BCUT2D eigenvalue weighted by molar-refractivity contribution is 5.23. The van der Waals surface area contributed by atoms with Gasteiger partial charge in [-0.15, -0.1) is 0 Å². The Morgan fingerprint density at radius 2 is 1.00 bits per heavy atom. The summed E-state index contributed by atoms with van der Waals surface area (Å²) < 4.78 is 0. The lowest BCUT2D eigenvalue weighted by Crippen LogP contribution is -2.44. The molecule has 0 heterocycles. The fourth-order valence-electron chi connectivity index (χ4n) is 0.663. The molecule has 0 aliphatic carbocycles. The first-order chi connectivity index (χ1) is 7.05. The maximum absolute atomic E-state index is 9.10. The number of hydrogen-bond donors (Lipinski definition) is 2. The van der Waals surface area contributed by atoms with Gasteiger partial charge in [-0.05, 0) is 52.7 Å². The predicted molar refractivity (Wildman–Crippen MR) is 68.5 cm³/mol. The van der Waals surface area contributed by atoms with Gasteiger partial charge in [-0.2, -0.15) is 0 Å². The molecule has 0 saturated carbocycles. The normalized spacial score (nSPS) is 11.8. The van der Waals surface area contributed by atoms with Gasteiger partial charge >= 0.3 is 0 Å². The maximum atomic E-state index is 9.10. The third kappa shape index (κ3) is 5.29. The Morgan fingerprint density at radius 3 is 1.12 bits per heavy atom. The maximum Gasteiger partial charge on any atom is 0.0872 e. The van der Waals surface area contributed by atoms with Gasteiger partial charge in [0.05, 0.1) is 11.2 Å². The van der Waals surface area contributed by atoms with Crippen LogP contribution in [-0.4, -0.2) is 21.4 Å². The smallest absolute Gasteiger partial charge is 0.0872 e. The van der Waals surface area contributed by atoms with Crippen LogP contribution in [0.1, 0.15) is 38.8 Å². The van der Waals surface area contributed by atoms with Crippen molar-refractivity contribution in [2.45, 2.75) is 52.7 Å². The molecule has 0 aromatic heterocycles. The van der Waals surface area contributed by atoms with Crippen LogP contribution in [0, 0.1) is 13.8 Å². The lowest BCUT2D eigenvalue weighted by Gasteiger charge is -2.31. The Bertz CT molecular complexity index is 283. The topological polar surface area (TPSA) is 40.5 Å². The summed E-state index contributed by atoms with van der Waals surface area (Å²) in [5.74, 6) is 0. The van der Waals surface area contributed by atoms with E-state index in [2.05, 4.69) is 38.1 Å². The summed E-state index contributed by atoms with van der Waals surface area (Å²) in [5.41, 5.74) is 0.722. The second-order valence-corrected chi connectivity index (χ2v) is 5.20. The molecule has 0 radical (unpaired) electrons. The molecule has 0 aliphatic heterocycles. The van der Waals surface area contributed by atoms with Crippen LogP contribution < -0.4 is 0 Å². The van der Waals surface area contributed by atoms with E-state index in [4.69, 9.17) is 10.2 Å². The Balaban J connectivity index is 0.000000281. The highest BCUT2D eigenvalue weighted by atomic mass is 16.3. The third-order valence-corrected chi connectivity index (χ3v) is 2.92. The van der Waals surface area contributed by atoms with Gasteiger partial charge in [0.1, 0.15) is 0 Å². The van der Waals surface area contributed by atoms with E-state index in [9.17, 15) is 0 Å². The first-order valence-corrected chi connectivity index (χ1v) is 5.52. The molecule has 2 heteroatoms. The molecule has 2 N–H and O–H groups in total. The molecule has 0 saturated heterocycles. The molecule has 0 amide bonds. The lowest BCUT2D eigenvalue weighted by atomic mass is 9.90. The molecular weight excluding hydrogens is 200 g/mol. The van der Waals surface area contributed by atoms with Gasteiger partial charge in [-0.25, -0.2) is 0 Å². The fourth-order valence-corrected chi connectivity index (χ4v) is 0.663. The van der Waals surface area contributed by atoms with E-state index in [0.29, 0.717) is 0 Å². The number of rotatable bonds is 1. The van der Waals surface area contributed by atoms with Gasteiger partial charge < -0.3 is 10.2 Å². The zero-order valence-electron chi connectivity index (χ0n) is 11.2. The van der Waals surface area contributed by atoms with Crippen molar-refractivity contribution in [1.82, 2.24) is 0 Å². The first kappa shape index (κ1) is 15.1. The van der Waals surface area contributed by atoms with Crippen molar-refractivity contribution in [3.05, 3.63) is 35.4 Å². The summed E-state index contributed by atoms with van der Waals surface area (Å²) in [5, 5.41) is 18.2. The second kappa shape index (κ2) is 5.46. The second-order valence-electron chi connectivity index (χ2n) is 5.20. The highest BCUT2D eigenvalue weighted by Gasteiger charge is 2.31. The van der Waals surface area contributed by atoms with Gasteiger partial charge in [-0.3, -0.25) is 0 Å². The zero-order valence-corrected chi connectivity index (χ0v) is 11.2. The minimum atomic E-state index is -1.01. The van der Waals surface area contributed by atoms with Crippen LogP contribution in [0.25, 0.3) is 0 Å².